The Morgan fingerprint density at radius 3 is 2.70 bits per heavy atom. The third-order valence-corrected chi connectivity index (χ3v) is 4.53. The van der Waals surface area contributed by atoms with Crippen LogP contribution in [0.1, 0.15) is 46.5 Å². The van der Waals surface area contributed by atoms with Crippen molar-refractivity contribution in [2.24, 2.45) is 5.92 Å². The third kappa shape index (κ3) is 2.82. The molecule has 5 nitrogen and oxygen atoms in total. The second kappa shape index (κ2) is 6.57. The van der Waals surface area contributed by atoms with Crippen LogP contribution >= 0.6 is 0 Å². The van der Waals surface area contributed by atoms with Gasteiger partial charge in [-0.1, -0.05) is 33.6 Å². The molecule has 2 aliphatic heterocycles. The summed E-state index contributed by atoms with van der Waals surface area (Å²) < 4.78 is 5.42. The van der Waals surface area contributed by atoms with E-state index in [9.17, 15) is 9.59 Å². The Balaban J connectivity index is 2.23. The lowest BCUT2D eigenvalue weighted by molar-refractivity contribution is -0.154. The van der Waals surface area contributed by atoms with Crippen LogP contribution in [0.3, 0.4) is 0 Å². The van der Waals surface area contributed by atoms with Crippen molar-refractivity contribution >= 4 is 11.8 Å². The van der Waals surface area contributed by atoms with Crippen molar-refractivity contribution in [3.63, 3.8) is 0 Å². The number of rotatable bonds is 5. The highest BCUT2D eigenvalue weighted by molar-refractivity contribution is 5.97. The molecule has 2 amide bonds. The van der Waals surface area contributed by atoms with E-state index in [4.69, 9.17) is 4.74 Å². The average Bonchev–Trinajstić information content (AvgIpc) is 2.95. The molecule has 0 aromatic carbocycles. The number of hydrogen-bond acceptors (Lipinski definition) is 3. The number of carbonyl (C=O) groups excluding carboxylic acids is 2. The summed E-state index contributed by atoms with van der Waals surface area (Å²) in [6.07, 6.45) is 3.33. The number of piperazine rings is 1. The summed E-state index contributed by atoms with van der Waals surface area (Å²) >= 11 is 0. The van der Waals surface area contributed by atoms with E-state index < -0.39 is 0 Å². The average molecular weight is 282 g/mol. The predicted molar refractivity (Wildman–Crippen MR) is 76.2 cm³/mol. The number of nitrogens with one attached hydrogen (secondary N) is 1. The molecule has 114 valence electrons. The molecule has 0 saturated carbocycles. The lowest BCUT2D eigenvalue weighted by Crippen LogP contribution is -2.67. The molecule has 1 N–H and O–H groups in total. The maximum atomic E-state index is 12.8. The largest absolute Gasteiger partial charge is 0.379 e. The fourth-order valence-electron chi connectivity index (χ4n) is 3.09. The van der Waals surface area contributed by atoms with Gasteiger partial charge in [0.25, 0.3) is 0 Å². The Labute approximate surface area is 121 Å². The minimum absolute atomic E-state index is 0.00338. The molecule has 20 heavy (non-hydrogen) atoms. The van der Waals surface area contributed by atoms with Gasteiger partial charge in [0.2, 0.25) is 11.8 Å². The van der Waals surface area contributed by atoms with Crippen molar-refractivity contribution < 1.29 is 14.3 Å². The topological polar surface area (TPSA) is 58.6 Å². The predicted octanol–water partition coefficient (Wildman–Crippen LogP) is 1.32. The molecular formula is C15H26N2O3. The first-order valence-corrected chi connectivity index (χ1v) is 7.80. The molecule has 2 fully saturated rings. The van der Waals surface area contributed by atoms with Crippen molar-refractivity contribution in [1.82, 2.24) is 10.2 Å². The van der Waals surface area contributed by atoms with E-state index in [2.05, 4.69) is 5.32 Å². The van der Waals surface area contributed by atoms with Gasteiger partial charge in [0.15, 0.2) is 0 Å². The molecule has 2 saturated heterocycles. The van der Waals surface area contributed by atoms with Crippen LogP contribution in [0, 0.1) is 5.92 Å². The van der Waals surface area contributed by atoms with Crippen LogP contribution in [-0.2, 0) is 14.3 Å². The molecule has 0 aromatic rings. The first-order valence-electron chi connectivity index (χ1n) is 7.80. The summed E-state index contributed by atoms with van der Waals surface area (Å²) in [5, 5.41) is 2.93. The lowest BCUT2D eigenvalue weighted by atomic mass is 9.92. The molecular weight excluding hydrogens is 256 g/mol. The SMILES string of the molecule is CCCC1C(=O)NC(C(C)CC)C(=O)N1C1CCOC1. The summed E-state index contributed by atoms with van der Waals surface area (Å²) in [6.45, 7) is 7.36. The molecule has 2 rings (SSSR count). The lowest BCUT2D eigenvalue weighted by Gasteiger charge is -2.43. The van der Waals surface area contributed by atoms with Crippen LogP contribution < -0.4 is 5.32 Å². The van der Waals surface area contributed by atoms with Crippen LogP contribution in [0.4, 0.5) is 0 Å². The molecule has 0 radical (unpaired) electrons. The maximum Gasteiger partial charge on any atom is 0.246 e. The van der Waals surface area contributed by atoms with Gasteiger partial charge in [-0.3, -0.25) is 9.59 Å². The minimum Gasteiger partial charge on any atom is -0.379 e. The van der Waals surface area contributed by atoms with Crippen molar-refractivity contribution in [2.75, 3.05) is 13.2 Å². The zero-order chi connectivity index (χ0) is 14.7. The molecule has 4 unspecified atom stereocenters. The quantitative estimate of drug-likeness (QED) is 0.827. The van der Waals surface area contributed by atoms with Gasteiger partial charge in [-0.05, 0) is 18.8 Å². The van der Waals surface area contributed by atoms with Gasteiger partial charge >= 0.3 is 0 Å². The molecule has 0 aliphatic carbocycles. The van der Waals surface area contributed by atoms with E-state index in [1.54, 1.807) is 0 Å². The van der Waals surface area contributed by atoms with Crippen molar-refractivity contribution in [3.8, 4) is 0 Å². The Morgan fingerprint density at radius 1 is 1.40 bits per heavy atom. The molecule has 0 bridgehead atoms. The van der Waals surface area contributed by atoms with E-state index in [0.717, 1.165) is 25.7 Å². The second-order valence-electron chi connectivity index (χ2n) is 5.94. The van der Waals surface area contributed by atoms with E-state index in [1.807, 2.05) is 25.7 Å². The zero-order valence-electron chi connectivity index (χ0n) is 12.7. The fourth-order valence-corrected chi connectivity index (χ4v) is 3.09. The van der Waals surface area contributed by atoms with E-state index in [1.165, 1.54) is 0 Å². The minimum atomic E-state index is -0.374. The normalized spacial score (nSPS) is 32.4. The molecule has 2 heterocycles. The first-order chi connectivity index (χ1) is 9.60. The summed E-state index contributed by atoms with van der Waals surface area (Å²) in [7, 11) is 0. The van der Waals surface area contributed by atoms with Gasteiger partial charge in [0, 0.05) is 6.61 Å². The Hall–Kier alpha value is -1.10. The smallest absolute Gasteiger partial charge is 0.246 e. The van der Waals surface area contributed by atoms with Gasteiger partial charge in [-0.25, -0.2) is 0 Å². The van der Waals surface area contributed by atoms with Crippen molar-refractivity contribution in [1.29, 1.82) is 0 Å². The monoisotopic (exact) mass is 282 g/mol. The number of nitrogens with zero attached hydrogens (tertiary/aromatic N) is 1. The number of ether oxygens (including phenoxy) is 1. The highest BCUT2D eigenvalue weighted by Crippen LogP contribution is 2.25. The van der Waals surface area contributed by atoms with Gasteiger partial charge in [0.05, 0.1) is 12.6 Å². The second-order valence-corrected chi connectivity index (χ2v) is 5.94. The number of carbonyl (C=O) groups is 2. The van der Waals surface area contributed by atoms with Crippen LogP contribution in [0.5, 0.6) is 0 Å². The van der Waals surface area contributed by atoms with Crippen LogP contribution in [-0.4, -0.2) is 48.1 Å². The third-order valence-electron chi connectivity index (χ3n) is 4.53. The highest BCUT2D eigenvalue weighted by Gasteiger charge is 2.45. The van der Waals surface area contributed by atoms with E-state index >= 15 is 0 Å². The first kappa shape index (κ1) is 15.3. The van der Waals surface area contributed by atoms with Crippen LogP contribution in [0.15, 0.2) is 0 Å². The van der Waals surface area contributed by atoms with Crippen molar-refractivity contribution in [3.05, 3.63) is 0 Å². The Kier molecular flexibility index (Phi) is 5.02. The van der Waals surface area contributed by atoms with E-state index in [0.29, 0.717) is 13.2 Å². The summed E-state index contributed by atoms with van der Waals surface area (Å²) in [5.41, 5.74) is 0. The number of amides is 2. The van der Waals surface area contributed by atoms with Crippen LogP contribution in [0.25, 0.3) is 0 Å². The maximum absolute atomic E-state index is 12.8. The summed E-state index contributed by atoms with van der Waals surface area (Å²) in [4.78, 5) is 27.0. The molecule has 0 spiro atoms. The van der Waals surface area contributed by atoms with Gasteiger partial charge in [-0.2, -0.15) is 0 Å². The fraction of sp³-hybridized carbons (Fsp3) is 0.867. The highest BCUT2D eigenvalue weighted by atomic mass is 16.5. The molecule has 0 aromatic heterocycles. The van der Waals surface area contributed by atoms with Gasteiger partial charge < -0.3 is 15.0 Å². The zero-order valence-corrected chi connectivity index (χ0v) is 12.7. The molecule has 2 aliphatic rings. The van der Waals surface area contributed by atoms with Gasteiger partial charge in [-0.15, -0.1) is 0 Å². The van der Waals surface area contributed by atoms with Gasteiger partial charge in [0.1, 0.15) is 12.1 Å². The Morgan fingerprint density at radius 2 is 2.15 bits per heavy atom. The molecule has 5 heteroatoms. The van der Waals surface area contributed by atoms with Crippen LogP contribution in [0.2, 0.25) is 0 Å². The summed E-state index contributed by atoms with van der Waals surface area (Å²) in [6, 6.07) is -0.627. The van der Waals surface area contributed by atoms with E-state index in [-0.39, 0.29) is 35.9 Å². The van der Waals surface area contributed by atoms with Crippen molar-refractivity contribution in [2.45, 2.75) is 64.6 Å². The number of hydrogen-bond donors (Lipinski definition) is 1. The Bertz CT molecular complexity index is 366. The summed E-state index contributed by atoms with van der Waals surface area (Å²) in [5.74, 6) is 0.246. The standard InChI is InChI=1S/C15H26N2O3/c1-4-6-12-14(18)16-13(10(3)5-2)15(19)17(12)11-7-8-20-9-11/h10-13H,4-9H2,1-3H3,(H,16,18). The molecule has 4 atom stereocenters.